The molecule has 2 heterocycles. The first-order chi connectivity index (χ1) is 20.4. The number of carbonyl (C=O) groups is 2. The number of hydrogen-bond donors (Lipinski definition) is 1. The average Bonchev–Trinajstić information content (AvgIpc) is 3.26. The lowest BCUT2D eigenvalue weighted by Crippen LogP contribution is -2.42. The van der Waals surface area contributed by atoms with Crippen molar-refractivity contribution < 1.29 is 32.9 Å². The molecule has 0 bridgehead atoms. The van der Waals surface area contributed by atoms with Crippen LogP contribution in [0.15, 0.2) is 60.4 Å². The quantitative estimate of drug-likeness (QED) is 0.400. The van der Waals surface area contributed by atoms with Crippen molar-refractivity contribution in [2.45, 2.75) is 19.9 Å². The summed E-state index contributed by atoms with van der Waals surface area (Å²) in [5.74, 6) is 0.240. The maximum absolute atomic E-state index is 14.4. The molecule has 1 aliphatic heterocycles. The summed E-state index contributed by atoms with van der Waals surface area (Å²) in [6.07, 6.45) is 4.86. The Kier molecular flexibility index (Phi) is 8.83. The van der Waals surface area contributed by atoms with E-state index < -0.39 is 6.09 Å². The predicted molar refractivity (Wildman–Crippen MR) is 156 cm³/mol. The first-order valence-corrected chi connectivity index (χ1v) is 13.6. The average molecular weight is 574 g/mol. The molecule has 1 saturated heterocycles. The van der Waals surface area contributed by atoms with E-state index >= 15 is 0 Å². The minimum absolute atomic E-state index is 0.0863. The summed E-state index contributed by atoms with van der Waals surface area (Å²) in [5, 5.41) is 2.92. The molecule has 2 amide bonds. The van der Waals surface area contributed by atoms with Gasteiger partial charge in [0.2, 0.25) is 11.7 Å². The SMILES string of the molecule is COc1cc(/C=C2/C(C)=C(CC(=O)NCc3cccnc3)c3cc(F)ccc32)cc(OC)c1OC(=O)N1CCOCC1. The number of morpholine rings is 1. The summed E-state index contributed by atoms with van der Waals surface area (Å²) in [5.41, 5.74) is 5.51. The second-order valence-electron chi connectivity index (χ2n) is 9.89. The minimum atomic E-state index is -0.516. The molecule has 3 aromatic rings. The molecule has 1 N–H and O–H groups in total. The van der Waals surface area contributed by atoms with Crippen molar-refractivity contribution in [2.24, 2.45) is 0 Å². The van der Waals surface area contributed by atoms with Crippen molar-refractivity contribution >= 4 is 29.2 Å². The molecule has 0 atom stereocenters. The molecule has 2 aromatic carbocycles. The van der Waals surface area contributed by atoms with Crippen LogP contribution in [0.1, 0.15) is 35.6 Å². The summed E-state index contributed by atoms with van der Waals surface area (Å²) >= 11 is 0. The van der Waals surface area contributed by atoms with Gasteiger partial charge in [0.25, 0.3) is 0 Å². The first-order valence-electron chi connectivity index (χ1n) is 13.6. The molecule has 2 aliphatic rings. The fourth-order valence-corrected chi connectivity index (χ4v) is 5.06. The monoisotopic (exact) mass is 573 g/mol. The van der Waals surface area contributed by atoms with E-state index in [1.54, 1.807) is 35.5 Å². The number of aromatic nitrogens is 1. The number of nitrogens with one attached hydrogen (secondary N) is 1. The Labute approximate surface area is 243 Å². The zero-order valence-corrected chi connectivity index (χ0v) is 23.7. The van der Waals surface area contributed by atoms with Gasteiger partial charge >= 0.3 is 6.09 Å². The number of halogens is 1. The van der Waals surface area contributed by atoms with Crippen LogP contribution in [0.25, 0.3) is 17.2 Å². The van der Waals surface area contributed by atoms with Gasteiger partial charge in [0, 0.05) is 32.0 Å². The lowest BCUT2D eigenvalue weighted by atomic mass is 10.00. The fraction of sp³-hybridized carbons (Fsp3) is 0.281. The zero-order chi connectivity index (χ0) is 29.6. The Morgan fingerprint density at radius 2 is 1.81 bits per heavy atom. The summed E-state index contributed by atoms with van der Waals surface area (Å²) < 4.78 is 36.5. The van der Waals surface area contributed by atoms with Gasteiger partial charge in [-0.15, -0.1) is 0 Å². The largest absolute Gasteiger partial charge is 0.493 e. The third kappa shape index (κ3) is 6.28. The number of methoxy groups -OCH3 is 2. The Bertz CT molecular complexity index is 1520. The fourth-order valence-electron chi connectivity index (χ4n) is 5.06. The molecule has 0 saturated carbocycles. The van der Waals surface area contributed by atoms with Crippen LogP contribution in [0.2, 0.25) is 0 Å². The van der Waals surface area contributed by atoms with Crippen LogP contribution in [0.4, 0.5) is 9.18 Å². The molecule has 1 aliphatic carbocycles. The molecule has 9 nitrogen and oxygen atoms in total. The van der Waals surface area contributed by atoms with E-state index in [2.05, 4.69) is 10.3 Å². The standard InChI is InChI=1S/C32H32FN3O6/c1-20-25(13-22-14-28(39-2)31(29(15-22)40-3)42-32(38)36-9-11-41-12-10-36)24-7-6-23(33)16-27(24)26(20)17-30(37)35-19-21-5-4-8-34-18-21/h4-8,13-16,18H,9-12,17,19H2,1-3H3,(H,35,37)/b25-13-. The van der Waals surface area contributed by atoms with Gasteiger partial charge in [-0.05, 0) is 82.3 Å². The molecular weight excluding hydrogens is 541 g/mol. The van der Waals surface area contributed by atoms with Crippen LogP contribution in [-0.2, 0) is 16.1 Å². The van der Waals surface area contributed by atoms with Crippen LogP contribution in [0.3, 0.4) is 0 Å². The van der Waals surface area contributed by atoms with Gasteiger partial charge in [-0.1, -0.05) is 12.1 Å². The second kappa shape index (κ2) is 12.9. The van der Waals surface area contributed by atoms with Crippen molar-refractivity contribution in [1.82, 2.24) is 15.2 Å². The van der Waals surface area contributed by atoms with Crippen LogP contribution in [-0.4, -0.2) is 62.4 Å². The van der Waals surface area contributed by atoms with E-state index in [1.807, 2.05) is 25.1 Å². The van der Waals surface area contributed by atoms with Gasteiger partial charge in [-0.3, -0.25) is 9.78 Å². The third-order valence-electron chi connectivity index (χ3n) is 7.26. The second-order valence-corrected chi connectivity index (χ2v) is 9.89. The van der Waals surface area contributed by atoms with Crippen molar-refractivity contribution in [3.8, 4) is 17.2 Å². The van der Waals surface area contributed by atoms with Gasteiger partial charge in [-0.2, -0.15) is 0 Å². The van der Waals surface area contributed by atoms with Crippen LogP contribution >= 0.6 is 0 Å². The highest BCUT2D eigenvalue weighted by molar-refractivity contribution is 6.08. The number of carbonyl (C=O) groups excluding carboxylic acids is 2. The number of hydrogen-bond acceptors (Lipinski definition) is 7. The normalized spacial score (nSPS) is 15.4. The highest BCUT2D eigenvalue weighted by atomic mass is 19.1. The Hall–Kier alpha value is -4.70. The van der Waals surface area contributed by atoms with E-state index in [0.717, 1.165) is 27.8 Å². The molecule has 218 valence electrons. The van der Waals surface area contributed by atoms with Gasteiger partial charge < -0.3 is 29.2 Å². The maximum atomic E-state index is 14.4. The summed E-state index contributed by atoms with van der Waals surface area (Å²) in [7, 11) is 2.97. The van der Waals surface area contributed by atoms with E-state index in [1.165, 1.54) is 26.4 Å². The number of benzene rings is 2. The van der Waals surface area contributed by atoms with Gasteiger partial charge in [-0.25, -0.2) is 9.18 Å². The minimum Gasteiger partial charge on any atom is -0.493 e. The number of amides is 2. The van der Waals surface area contributed by atoms with Crippen LogP contribution < -0.4 is 19.5 Å². The Morgan fingerprint density at radius 1 is 1.07 bits per heavy atom. The lowest BCUT2D eigenvalue weighted by molar-refractivity contribution is -0.120. The van der Waals surface area contributed by atoms with Crippen molar-refractivity contribution in [3.63, 3.8) is 0 Å². The number of nitrogens with zero attached hydrogens (tertiary/aromatic N) is 2. The number of fused-ring (bicyclic) bond motifs is 1. The summed E-state index contributed by atoms with van der Waals surface area (Å²) in [6.45, 7) is 4.02. The Morgan fingerprint density at radius 3 is 2.48 bits per heavy atom. The van der Waals surface area contributed by atoms with Gasteiger partial charge in [0.05, 0.1) is 33.9 Å². The van der Waals surface area contributed by atoms with Gasteiger partial charge in [0.15, 0.2) is 11.5 Å². The van der Waals surface area contributed by atoms with Crippen LogP contribution in [0, 0.1) is 5.82 Å². The molecule has 10 heteroatoms. The molecule has 0 spiro atoms. The molecule has 42 heavy (non-hydrogen) atoms. The number of ether oxygens (including phenoxy) is 4. The number of rotatable bonds is 8. The van der Waals surface area contributed by atoms with Crippen molar-refractivity contribution in [3.05, 3.63) is 88.5 Å². The lowest BCUT2D eigenvalue weighted by Gasteiger charge is -2.26. The van der Waals surface area contributed by atoms with E-state index in [9.17, 15) is 14.0 Å². The van der Waals surface area contributed by atoms with Crippen molar-refractivity contribution in [2.75, 3.05) is 40.5 Å². The molecule has 5 rings (SSSR count). The Balaban J connectivity index is 1.44. The van der Waals surface area contributed by atoms with Gasteiger partial charge in [0.1, 0.15) is 5.82 Å². The number of allylic oxidation sites excluding steroid dienone is 2. The van der Waals surface area contributed by atoms with E-state index in [4.69, 9.17) is 18.9 Å². The molecular formula is C32H32FN3O6. The van der Waals surface area contributed by atoms with E-state index in [-0.39, 0.29) is 23.9 Å². The van der Waals surface area contributed by atoms with Crippen molar-refractivity contribution in [1.29, 1.82) is 0 Å². The van der Waals surface area contributed by atoms with Crippen LogP contribution in [0.5, 0.6) is 17.2 Å². The predicted octanol–water partition coefficient (Wildman–Crippen LogP) is 5.10. The topological polar surface area (TPSA) is 99.2 Å². The summed E-state index contributed by atoms with van der Waals surface area (Å²) in [6, 6.07) is 11.8. The molecule has 1 aromatic heterocycles. The molecule has 1 fully saturated rings. The zero-order valence-electron chi connectivity index (χ0n) is 23.7. The molecule has 0 radical (unpaired) electrons. The highest BCUT2D eigenvalue weighted by Gasteiger charge is 2.27. The summed E-state index contributed by atoms with van der Waals surface area (Å²) in [4.78, 5) is 31.3. The highest BCUT2D eigenvalue weighted by Crippen LogP contribution is 2.45. The molecule has 0 unspecified atom stereocenters. The van der Waals surface area contributed by atoms with E-state index in [0.29, 0.717) is 55.5 Å². The third-order valence-corrected chi connectivity index (χ3v) is 7.26. The maximum Gasteiger partial charge on any atom is 0.415 e. The smallest absolute Gasteiger partial charge is 0.415 e. The number of pyridine rings is 1. The first kappa shape index (κ1) is 28.8.